The van der Waals surface area contributed by atoms with Crippen molar-refractivity contribution in [1.29, 1.82) is 0 Å². The first-order valence-corrected chi connectivity index (χ1v) is 19.0. The number of aromatic nitrogens is 4. The Labute approximate surface area is 325 Å². The van der Waals surface area contributed by atoms with Crippen LogP contribution in [0.4, 0.5) is 0 Å². The van der Waals surface area contributed by atoms with Crippen molar-refractivity contribution in [3.8, 4) is 51.0 Å². The summed E-state index contributed by atoms with van der Waals surface area (Å²) >= 11 is 0. The number of nitrogens with zero attached hydrogens (tertiary/aromatic N) is 4. The van der Waals surface area contributed by atoms with Gasteiger partial charge in [-0.15, -0.1) is 0 Å². The van der Waals surface area contributed by atoms with Gasteiger partial charge in [-0.2, -0.15) is 0 Å². The number of para-hydroxylation sites is 2. The Morgan fingerprint density at radius 2 is 0.965 bits per heavy atom. The van der Waals surface area contributed by atoms with Crippen molar-refractivity contribution < 1.29 is 8.83 Å². The predicted octanol–water partition coefficient (Wildman–Crippen LogP) is 13.4. The van der Waals surface area contributed by atoms with Gasteiger partial charge in [0.05, 0.1) is 16.7 Å². The lowest BCUT2D eigenvalue weighted by atomic mass is 9.99. The summed E-state index contributed by atoms with van der Waals surface area (Å²) in [5.74, 6) is 1.79. The fraction of sp³-hybridized carbons (Fsp3) is 0. The highest BCUT2D eigenvalue weighted by molar-refractivity contribution is 6.19. The van der Waals surface area contributed by atoms with E-state index in [4.69, 9.17) is 23.8 Å². The molecule has 8 aromatic carbocycles. The molecule has 6 nitrogen and oxygen atoms in total. The van der Waals surface area contributed by atoms with Crippen LogP contribution in [0.1, 0.15) is 0 Å². The molecule has 0 N–H and O–H groups in total. The minimum absolute atomic E-state index is 0.576. The van der Waals surface area contributed by atoms with E-state index in [1.165, 1.54) is 0 Å². The summed E-state index contributed by atoms with van der Waals surface area (Å²) in [6.45, 7) is 0. The number of furan rings is 2. The third-order valence-corrected chi connectivity index (χ3v) is 11.0. The second-order valence-corrected chi connectivity index (χ2v) is 14.4. The van der Waals surface area contributed by atoms with Crippen LogP contribution in [-0.2, 0) is 0 Å². The third kappa shape index (κ3) is 4.94. The molecular weight excluding hydrogens is 701 g/mol. The van der Waals surface area contributed by atoms with Gasteiger partial charge in [-0.25, -0.2) is 15.0 Å². The minimum atomic E-state index is 0.576. The molecule has 0 fully saturated rings. The fourth-order valence-electron chi connectivity index (χ4n) is 8.44. The molecule has 0 saturated heterocycles. The van der Waals surface area contributed by atoms with Crippen LogP contribution in [0.5, 0.6) is 0 Å². The smallest absolute Gasteiger partial charge is 0.164 e. The topological polar surface area (TPSA) is 69.9 Å². The molecule has 0 amide bonds. The van der Waals surface area contributed by atoms with Gasteiger partial charge >= 0.3 is 0 Å². The van der Waals surface area contributed by atoms with Gasteiger partial charge < -0.3 is 13.4 Å². The SMILES string of the molecule is c1ccc(-c2cc(-n3c4ccccc4c4cc5c(cc43)oc3ccccc35)c3oc4cccc(-c5nc(-c6ccccc6)nc(-c6ccccc6)n5)c4c3c2)cc1. The maximum absolute atomic E-state index is 7.01. The molecule has 4 heterocycles. The zero-order valence-corrected chi connectivity index (χ0v) is 30.4. The number of fused-ring (bicyclic) bond motifs is 9. The zero-order valence-electron chi connectivity index (χ0n) is 30.4. The molecule has 0 unspecified atom stereocenters. The molecule has 4 aromatic heterocycles. The van der Waals surface area contributed by atoms with Crippen LogP contribution in [0.3, 0.4) is 0 Å². The molecule has 0 aliphatic carbocycles. The lowest BCUT2D eigenvalue weighted by Gasteiger charge is -2.12. The average Bonchev–Trinajstić information content (AvgIpc) is 3.95. The van der Waals surface area contributed by atoms with Gasteiger partial charge in [-0.05, 0) is 47.5 Å². The van der Waals surface area contributed by atoms with Crippen LogP contribution in [0.25, 0.3) is 117 Å². The highest BCUT2D eigenvalue weighted by Crippen LogP contribution is 2.44. The van der Waals surface area contributed by atoms with E-state index in [9.17, 15) is 0 Å². The van der Waals surface area contributed by atoms with Crippen molar-refractivity contribution in [2.24, 2.45) is 0 Å². The normalized spacial score (nSPS) is 11.9. The molecule has 12 rings (SSSR count). The molecule has 0 radical (unpaired) electrons. The van der Waals surface area contributed by atoms with E-state index in [1.54, 1.807) is 0 Å². The first-order chi connectivity index (χ1) is 28.2. The number of benzene rings is 8. The van der Waals surface area contributed by atoms with Gasteiger partial charge in [0.15, 0.2) is 23.1 Å². The molecule has 0 aliphatic heterocycles. The number of hydrogen-bond donors (Lipinski definition) is 0. The van der Waals surface area contributed by atoms with E-state index in [0.717, 1.165) is 99.2 Å². The molecular formula is C51H30N4O2. The van der Waals surface area contributed by atoms with Crippen LogP contribution in [0.15, 0.2) is 191 Å². The number of hydrogen-bond acceptors (Lipinski definition) is 5. The molecule has 57 heavy (non-hydrogen) atoms. The zero-order chi connectivity index (χ0) is 37.5. The van der Waals surface area contributed by atoms with Crippen LogP contribution in [0.2, 0.25) is 0 Å². The lowest BCUT2D eigenvalue weighted by Crippen LogP contribution is -2.00. The van der Waals surface area contributed by atoms with Crippen molar-refractivity contribution in [3.63, 3.8) is 0 Å². The minimum Gasteiger partial charge on any atom is -0.456 e. The molecule has 0 bridgehead atoms. The maximum Gasteiger partial charge on any atom is 0.164 e. The van der Waals surface area contributed by atoms with E-state index >= 15 is 0 Å². The van der Waals surface area contributed by atoms with Crippen LogP contribution in [-0.4, -0.2) is 19.5 Å². The number of rotatable bonds is 5. The van der Waals surface area contributed by atoms with Crippen LogP contribution < -0.4 is 0 Å². The van der Waals surface area contributed by atoms with E-state index in [0.29, 0.717) is 17.5 Å². The van der Waals surface area contributed by atoms with E-state index < -0.39 is 0 Å². The van der Waals surface area contributed by atoms with Gasteiger partial charge in [-0.1, -0.05) is 140 Å². The Hall–Kier alpha value is -7.83. The summed E-state index contributed by atoms with van der Waals surface area (Å²) in [6, 6.07) is 62.6. The van der Waals surface area contributed by atoms with E-state index in [1.807, 2.05) is 84.9 Å². The summed E-state index contributed by atoms with van der Waals surface area (Å²) in [5, 5.41) is 6.41. The standard InChI is InChI=1S/C51H30N4O2/c1-4-15-31(16-5-1)34-27-40-47-37(51-53-49(32-17-6-2-7-18-32)52-50(54-51)33-19-8-3-9-20-33)23-14-26-45(47)57-48(40)43(28-34)55-41-24-12-10-21-35(41)38-29-39-36-22-11-13-25-44(36)56-46(39)30-42(38)55/h1-30H. The van der Waals surface area contributed by atoms with Gasteiger partial charge in [0.2, 0.25) is 0 Å². The average molecular weight is 731 g/mol. The Morgan fingerprint density at radius 3 is 1.70 bits per heavy atom. The molecule has 266 valence electrons. The van der Waals surface area contributed by atoms with Crippen LogP contribution in [0, 0.1) is 0 Å². The Kier molecular flexibility index (Phi) is 6.83. The first-order valence-electron chi connectivity index (χ1n) is 19.0. The second kappa shape index (κ2) is 12.3. The van der Waals surface area contributed by atoms with Crippen molar-refractivity contribution in [2.45, 2.75) is 0 Å². The summed E-state index contributed by atoms with van der Waals surface area (Å²) in [7, 11) is 0. The highest BCUT2D eigenvalue weighted by Gasteiger charge is 2.24. The summed E-state index contributed by atoms with van der Waals surface area (Å²) in [4.78, 5) is 15.2. The van der Waals surface area contributed by atoms with Crippen molar-refractivity contribution in [2.75, 3.05) is 0 Å². The quantitative estimate of drug-likeness (QED) is 0.176. The van der Waals surface area contributed by atoms with Crippen molar-refractivity contribution in [3.05, 3.63) is 182 Å². The van der Waals surface area contributed by atoms with Crippen LogP contribution >= 0.6 is 0 Å². The Bertz CT molecular complexity index is 3450. The monoisotopic (exact) mass is 730 g/mol. The fourth-order valence-corrected chi connectivity index (χ4v) is 8.44. The van der Waals surface area contributed by atoms with E-state index in [-0.39, 0.29) is 0 Å². The second-order valence-electron chi connectivity index (χ2n) is 14.4. The molecule has 0 spiro atoms. The van der Waals surface area contributed by atoms with Crippen molar-refractivity contribution >= 4 is 65.7 Å². The van der Waals surface area contributed by atoms with Gasteiger partial charge in [-0.3, -0.25) is 0 Å². The highest BCUT2D eigenvalue weighted by atomic mass is 16.3. The molecule has 0 saturated carbocycles. The summed E-state index contributed by atoms with van der Waals surface area (Å²) in [5.41, 5.74) is 11.1. The molecule has 0 atom stereocenters. The molecule has 6 heteroatoms. The summed E-state index contributed by atoms with van der Waals surface area (Å²) in [6.07, 6.45) is 0. The Morgan fingerprint density at radius 1 is 0.351 bits per heavy atom. The van der Waals surface area contributed by atoms with Crippen molar-refractivity contribution in [1.82, 2.24) is 19.5 Å². The largest absolute Gasteiger partial charge is 0.456 e. The van der Waals surface area contributed by atoms with Gasteiger partial charge in [0.25, 0.3) is 0 Å². The predicted molar refractivity (Wildman–Crippen MR) is 230 cm³/mol. The first kappa shape index (κ1) is 31.5. The Balaban J connectivity index is 1.18. The summed E-state index contributed by atoms with van der Waals surface area (Å²) < 4.78 is 15.8. The maximum atomic E-state index is 7.01. The van der Waals surface area contributed by atoms with E-state index in [2.05, 4.69) is 102 Å². The lowest BCUT2D eigenvalue weighted by molar-refractivity contribution is 0.665. The van der Waals surface area contributed by atoms with Gasteiger partial charge in [0.1, 0.15) is 16.7 Å². The third-order valence-electron chi connectivity index (χ3n) is 11.0. The molecule has 12 aromatic rings. The van der Waals surface area contributed by atoms with Gasteiger partial charge in [0, 0.05) is 55.1 Å². The molecule has 0 aliphatic rings.